The Hall–Kier alpha value is -2.49. The second-order valence-corrected chi connectivity index (χ2v) is 3.79. The Labute approximate surface area is 96.7 Å². The fourth-order valence-corrected chi connectivity index (χ4v) is 1.98. The molecule has 0 fully saturated rings. The molecule has 0 saturated heterocycles. The highest BCUT2D eigenvalue weighted by atomic mass is 16.1. The first-order chi connectivity index (χ1) is 8.27. The maximum atomic E-state index is 11.8. The van der Waals surface area contributed by atoms with Crippen LogP contribution >= 0.6 is 0 Å². The predicted molar refractivity (Wildman–Crippen MR) is 67.7 cm³/mol. The molecule has 4 heteroatoms. The molecule has 3 aromatic rings. The molecule has 0 radical (unpaired) electrons. The quantitative estimate of drug-likeness (QED) is 0.589. The largest absolute Gasteiger partial charge is 0.398 e. The summed E-state index contributed by atoms with van der Waals surface area (Å²) >= 11 is 0. The van der Waals surface area contributed by atoms with E-state index in [1.54, 1.807) is 30.3 Å². The van der Waals surface area contributed by atoms with Gasteiger partial charge in [-0.15, -0.1) is 10.2 Å². The molecule has 0 spiro atoms. The lowest BCUT2D eigenvalue weighted by molar-refractivity contribution is 1.05. The SMILES string of the molecule is Nc1cccc2nnc(=O)c3ccccc3c12. The van der Waals surface area contributed by atoms with E-state index in [9.17, 15) is 4.79 Å². The van der Waals surface area contributed by atoms with Gasteiger partial charge in [0.05, 0.1) is 10.9 Å². The Kier molecular flexibility index (Phi) is 2.01. The van der Waals surface area contributed by atoms with Crippen LogP contribution in [0, 0.1) is 0 Å². The Bertz CT molecular complexity index is 784. The lowest BCUT2D eigenvalue weighted by Gasteiger charge is -1.99. The van der Waals surface area contributed by atoms with Crippen LogP contribution in [0.4, 0.5) is 5.69 Å². The van der Waals surface area contributed by atoms with Gasteiger partial charge in [-0.3, -0.25) is 4.79 Å². The van der Waals surface area contributed by atoms with Gasteiger partial charge in [-0.05, 0) is 23.6 Å². The molecule has 0 bridgehead atoms. The van der Waals surface area contributed by atoms with Crippen molar-refractivity contribution in [3.05, 3.63) is 52.8 Å². The third-order valence-corrected chi connectivity index (χ3v) is 2.75. The van der Waals surface area contributed by atoms with Gasteiger partial charge in [0.2, 0.25) is 0 Å². The maximum absolute atomic E-state index is 11.8. The molecule has 0 amide bonds. The van der Waals surface area contributed by atoms with Crippen LogP contribution < -0.4 is 11.3 Å². The topological polar surface area (TPSA) is 68.9 Å². The van der Waals surface area contributed by atoms with Crippen molar-refractivity contribution in [2.45, 2.75) is 0 Å². The molecule has 0 unspecified atom stereocenters. The Morgan fingerprint density at radius 3 is 2.47 bits per heavy atom. The molecule has 17 heavy (non-hydrogen) atoms. The van der Waals surface area contributed by atoms with E-state index in [0.29, 0.717) is 16.6 Å². The minimum Gasteiger partial charge on any atom is -0.398 e. The summed E-state index contributed by atoms with van der Waals surface area (Å²) in [6, 6.07) is 12.7. The van der Waals surface area contributed by atoms with Crippen molar-refractivity contribution < 1.29 is 0 Å². The summed E-state index contributed by atoms with van der Waals surface area (Å²) in [5.41, 5.74) is 6.85. The van der Waals surface area contributed by atoms with Crippen molar-refractivity contribution >= 4 is 27.4 Å². The summed E-state index contributed by atoms with van der Waals surface area (Å²) in [5, 5.41) is 9.72. The molecule has 4 nitrogen and oxygen atoms in total. The van der Waals surface area contributed by atoms with E-state index in [1.807, 2.05) is 12.1 Å². The van der Waals surface area contributed by atoms with E-state index < -0.39 is 0 Å². The van der Waals surface area contributed by atoms with Crippen LogP contribution in [0.5, 0.6) is 0 Å². The number of anilines is 1. The number of nitrogens with two attached hydrogens (primary N) is 1. The number of hydrogen-bond acceptors (Lipinski definition) is 4. The summed E-state index contributed by atoms with van der Waals surface area (Å²) in [7, 11) is 0. The van der Waals surface area contributed by atoms with Crippen LogP contribution in [0.1, 0.15) is 0 Å². The number of rotatable bonds is 0. The Morgan fingerprint density at radius 2 is 1.65 bits per heavy atom. The second kappa shape index (κ2) is 3.52. The molecule has 0 aliphatic heterocycles. The third kappa shape index (κ3) is 1.42. The minimum atomic E-state index is -0.337. The van der Waals surface area contributed by atoms with Gasteiger partial charge in [0, 0.05) is 11.1 Å². The normalized spacial score (nSPS) is 10.8. The van der Waals surface area contributed by atoms with E-state index in [4.69, 9.17) is 5.73 Å². The fraction of sp³-hybridized carbons (Fsp3) is 0. The van der Waals surface area contributed by atoms with Crippen molar-refractivity contribution in [2.75, 3.05) is 5.73 Å². The summed E-state index contributed by atoms with van der Waals surface area (Å²) in [5.74, 6) is 0. The summed E-state index contributed by atoms with van der Waals surface area (Å²) < 4.78 is 0. The second-order valence-electron chi connectivity index (χ2n) is 3.79. The molecule has 0 atom stereocenters. The molecule has 1 aromatic heterocycles. The number of nitrogens with zero attached hydrogens (tertiary/aromatic N) is 2. The van der Waals surface area contributed by atoms with Gasteiger partial charge in [-0.2, -0.15) is 0 Å². The Balaban J connectivity index is 2.76. The van der Waals surface area contributed by atoms with E-state index in [2.05, 4.69) is 10.2 Å². The zero-order valence-electron chi connectivity index (χ0n) is 8.92. The molecular formula is C13H9N3O. The lowest BCUT2D eigenvalue weighted by Crippen LogP contribution is -2.02. The van der Waals surface area contributed by atoms with Crippen molar-refractivity contribution in [1.29, 1.82) is 0 Å². The smallest absolute Gasteiger partial charge is 0.296 e. The van der Waals surface area contributed by atoms with Crippen molar-refractivity contribution in [3.63, 3.8) is 0 Å². The summed E-state index contributed by atoms with van der Waals surface area (Å²) in [6.07, 6.45) is 0. The number of fused-ring (bicyclic) bond motifs is 3. The molecule has 82 valence electrons. The molecule has 1 heterocycles. The third-order valence-electron chi connectivity index (χ3n) is 2.75. The minimum absolute atomic E-state index is 0.337. The first kappa shape index (κ1) is 9.72. The highest BCUT2D eigenvalue weighted by molar-refractivity contribution is 6.09. The maximum Gasteiger partial charge on any atom is 0.296 e. The summed E-state index contributed by atoms with van der Waals surface area (Å²) in [6.45, 7) is 0. The number of benzene rings is 2. The van der Waals surface area contributed by atoms with Gasteiger partial charge in [-0.1, -0.05) is 24.3 Å². The van der Waals surface area contributed by atoms with Crippen molar-refractivity contribution in [2.24, 2.45) is 0 Å². The van der Waals surface area contributed by atoms with Crippen LogP contribution in [0.25, 0.3) is 21.7 Å². The first-order valence-corrected chi connectivity index (χ1v) is 5.21. The first-order valence-electron chi connectivity index (χ1n) is 5.21. The van der Waals surface area contributed by atoms with E-state index in [-0.39, 0.29) is 5.56 Å². The van der Waals surface area contributed by atoms with Gasteiger partial charge >= 0.3 is 0 Å². The lowest BCUT2D eigenvalue weighted by atomic mass is 10.1. The van der Waals surface area contributed by atoms with Crippen LogP contribution in [0.3, 0.4) is 0 Å². The predicted octanol–water partition coefficient (Wildman–Crippen LogP) is 1.73. The average molecular weight is 223 g/mol. The van der Waals surface area contributed by atoms with Crippen LogP contribution in [-0.4, -0.2) is 10.2 Å². The fourth-order valence-electron chi connectivity index (χ4n) is 1.98. The summed E-state index contributed by atoms with van der Waals surface area (Å²) in [4.78, 5) is 11.8. The van der Waals surface area contributed by atoms with Crippen LogP contribution in [0.15, 0.2) is 47.3 Å². The monoisotopic (exact) mass is 223 g/mol. The molecule has 2 N–H and O–H groups in total. The van der Waals surface area contributed by atoms with Gasteiger partial charge in [0.1, 0.15) is 0 Å². The van der Waals surface area contributed by atoms with Crippen molar-refractivity contribution in [1.82, 2.24) is 10.2 Å². The van der Waals surface area contributed by atoms with Gasteiger partial charge in [0.25, 0.3) is 5.56 Å². The van der Waals surface area contributed by atoms with Gasteiger partial charge < -0.3 is 5.73 Å². The highest BCUT2D eigenvalue weighted by Gasteiger charge is 2.05. The average Bonchev–Trinajstić information content (AvgIpc) is 2.49. The zero-order valence-corrected chi connectivity index (χ0v) is 8.92. The Morgan fingerprint density at radius 1 is 0.882 bits per heavy atom. The standard InChI is InChI=1S/C13H9N3O/c14-10-6-3-7-11-12(10)8-4-1-2-5-9(8)13(17)16-15-11/h1-7H,14H2. The highest BCUT2D eigenvalue weighted by Crippen LogP contribution is 2.24. The van der Waals surface area contributed by atoms with Crippen LogP contribution in [-0.2, 0) is 0 Å². The molecule has 0 aliphatic carbocycles. The number of nitrogen functional groups attached to an aromatic ring is 1. The molecule has 3 rings (SSSR count). The molecular weight excluding hydrogens is 214 g/mol. The van der Waals surface area contributed by atoms with E-state index in [0.717, 1.165) is 10.8 Å². The van der Waals surface area contributed by atoms with E-state index >= 15 is 0 Å². The molecule has 0 aliphatic rings. The van der Waals surface area contributed by atoms with Crippen molar-refractivity contribution in [3.8, 4) is 0 Å². The van der Waals surface area contributed by atoms with Gasteiger partial charge in [-0.25, -0.2) is 0 Å². The number of aromatic nitrogens is 2. The van der Waals surface area contributed by atoms with Crippen LogP contribution in [0.2, 0.25) is 0 Å². The molecule has 2 aromatic carbocycles. The van der Waals surface area contributed by atoms with E-state index in [1.165, 1.54) is 0 Å². The number of hydrogen-bond donors (Lipinski definition) is 1. The molecule has 0 saturated carbocycles. The van der Waals surface area contributed by atoms with Gasteiger partial charge in [0.15, 0.2) is 0 Å². The zero-order chi connectivity index (χ0) is 11.8.